The van der Waals surface area contributed by atoms with Gasteiger partial charge in [0.2, 0.25) is 0 Å². The van der Waals surface area contributed by atoms with Crippen molar-refractivity contribution in [3.63, 3.8) is 0 Å². The van der Waals surface area contributed by atoms with E-state index in [0.29, 0.717) is 23.2 Å². The standard InChI is InChI=1S/C16H23N5OS/c17-16-20-12(10-23-16)7-4-8-18-15(22)13-9-19-21-14(13)11-5-2-1-3-6-11/h9-11H,1-8H2,(H2,17,20)(H,18,22)(H,19,21). The van der Waals surface area contributed by atoms with Crippen LogP contribution < -0.4 is 11.1 Å². The number of nitrogen functional groups attached to an aromatic ring is 1. The zero-order chi connectivity index (χ0) is 16.1. The predicted octanol–water partition coefficient (Wildman–Crippen LogP) is 2.86. The first-order valence-electron chi connectivity index (χ1n) is 8.25. The molecule has 0 aromatic carbocycles. The van der Waals surface area contributed by atoms with Gasteiger partial charge in [-0.15, -0.1) is 11.3 Å². The Labute approximate surface area is 139 Å². The lowest BCUT2D eigenvalue weighted by molar-refractivity contribution is 0.0951. The minimum Gasteiger partial charge on any atom is -0.375 e. The molecular weight excluding hydrogens is 310 g/mol. The quantitative estimate of drug-likeness (QED) is 0.708. The predicted molar refractivity (Wildman–Crippen MR) is 91.6 cm³/mol. The van der Waals surface area contributed by atoms with Crippen LogP contribution in [0.15, 0.2) is 11.6 Å². The van der Waals surface area contributed by atoms with E-state index in [0.717, 1.165) is 37.1 Å². The first-order chi connectivity index (χ1) is 11.2. The fourth-order valence-corrected chi connectivity index (χ4v) is 3.78. The van der Waals surface area contributed by atoms with Crippen LogP contribution in [0.3, 0.4) is 0 Å². The van der Waals surface area contributed by atoms with Crippen LogP contribution in [0.1, 0.15) is 66.2 Å². The number of nitrogens with one attached hydrogen (secondary N) is 2. The second-order valence-corrected chi connectivity index (χ2v) is 6.96. The highest BCUT2D eigenvalue weighted by Gasteiger charge is 2.23. The Balaban J connectivity index is 1.49. The van der Waals surface area contributed by atoms with Crippen molar-refractivity contribution in [3.05, 3.63) is 28.5 Å². The Kier molecular flexibility index (Phi) is 5.27. The minimum atomic E-state index is -0.0304. The van der Waals surface area contributed by atoms with Crippen LogP contribution in [-0.2, 0) is 6.42 Å². The molecule has 0 atom stereocenters. The summed E-state index contributed by atoms with van der Waals surface area (Å²) < 4.78 is 0. The third-order valence-corrected chi connectivity index (χ3v) is 5.11. The molecule has 4 N–H and O–H groups in total. The van der Waals surface area contributed by atoms with Crippen LogP contribution in [-0.4, -0.2) is 27.6 Å². The van der Waals surface area contributed by atoms with E-state index in [-0.39, 0.29) is 5.91 Å². The molecule has 2 aromatic rings. The average molecular weight is 333 g/mol. The molecule has 0 aliphatic heterocycles. The molecule has 0 radical (unpaired) electrons. The number of H-pyrrole nitrogens is 1. The number of carbonyl (C=O) groups excluding carboxylic acids is 1. The van der Waals surface area contributed by atoms with E-state index in [1.807, 2.05) is 5.38 Å². The van der Waals surface area contributed by atoms with Crippen molar-refractivity contribution in [2.24, 2.45) is 0 Å². The summed E-state index contributed by atoms with van der Waals surface area (Å²) in [7, 11) is 0. The second-order valence-electron chi connectivity index (χ2n) is 6.07. The van der Waals surface area contributed by atoms with Gasteiger partial charge in [-0.2, -0.15) is 5.10 Å². The maximum atomic E-state index is 12.4. The molecule has 0 spiro atoms. The number of nitrogens with zero attached hydrogens (tertiary/aromatic N) is 2. The Morgan fingerprint density at radius 2 is 2.22 bits per heavy atom. The van der Waals surface area contributed by atoms with Crippen molar-refractivity contribution in [3.8, 4) is 0 Å². The lowest BCUT2D eigenvalue weighted by Gasteiger charge is -2.21. The Hall–Kier alpha value is -1.89. The molecule has 1 fully saturated rings. The summed E-state index contributed by atoms with van der Waals surface area (Å²) in [5.74, 6) is 0.419. The molecule has 0 bridgehead atoms. The van der Waals surface area contributed by atoms with Crippen LogP contribution in [0.4, 0.5) is 5.13 Å². The molecular formula is C16H23N5OS. The van der Waals surface area contributed by atoms with Crippen molar-refractivity contribution in [2.75, 3.05) is 12.3 Å². The molecule has 0 unspecified atom stereocenters. The Morgan fingerprint density at radius 1 is 1.39 bits per heavy atom. The first-order valence-corrected chi connectivity index (χ1v) is 9.13. The molecule has 1 aliphatic carbocycles. The van der Waals surface area contributed by atoms with Crippen LogP contribution in [0, 0.1) is 0 Å². The number of hydrogen-bond donors (Lipinski definition) is 3. The molecule has 2 heterocycles. The summed E-state index contributed by atoms with van der Waals surface area (Å²) >= 11 is 1.45. The van der Waals surface area contributed by atoms with Crippen molar-refractivity contribution < 1.29 is 4.79 Å². The number of thiazole rings is 1. The molecule has 7 heteroatoms. The first kappa shape index (κ1) is 16.0. The van der Waals surface area contributed by atoms with Gasteiger partial charge in [-0.05, 0) is 25.7 Å². The largest absolute Gasteiger partial charge is 0.375 e. The molecule has 6 nitrogen and oxygen atoms in total. The lowest BCUT2D eigenvalue weighted by atomic mass is 9.85. The number of nitrogens with two attached hydrogens (primary N) is 1. The number of aryl methyl sites for hydroxylation is 1. The van der Waals surface area contributed by atoms with Crippen LogP contribution >= 0.6 is 11.3 Å². The van der Waals surface area contributed by atoms with Gasteiger partial charge in [0.15, 0.2) is 5.13 Å². The number of rotatable bonds is 6. The third-order valence-electron chi connectivity index (χ3n) is 4.39. The molecule has 2 aromatic heterocycles. The fourth-order valence-electron chi connectivity index (χ4n) is 3.18. The fraction of sp³-hybridized carbons (Fsp3) is 0.562. The molecule has 1 saturated carbocycles. The number of aromatic amines is 1. The Bertz CT molecular complexity index is 644. The number of anilines is 1. The van der Waals surface area contributed by atoms with E-state index < -0.39 is 0 Å². The molecule has 124 valence electrons. The van der Waals surface area contributed by atoms with Gasteiger partial charge < -0.3 is 11.1 Å². The lowest BCUT2D eigenvalue weighted by Crippen LogP contribution is -2.26. The van der Waals surface area contributed by atoms with Crippen molar-refractivity contribution in [2.45, 2.75) is 50.9 Å². The van der Waals surface area contributed by atoms with E-state index in [9.17, 15) is 4.79 Å². The topological polar surface area (TPSA) is 96.7 Å². The zero-order valence-corrected chi connectivity index (χ0v) is 14.0. The van der Waals surface area contributed by atoms with Gasteiger partial charge in [-0.3, -0.25) is 9.89 Å². The molecule has 3 rings (SSSR count). The highest BCUT2D eigenvalue weighted by molar-refractivity contribution is 7.13. The van der Waals surface area contributed by atoms with Gasteiger partial charge in [-0.1, -0.05) is 19.3 Å². The summed E-state index contributed by atoms with van der Waals surface area (Å²) in [4.78, 5) is 16.6. The smallest absolute Gasteiger partial charge is 0.254 e. The monoisotopic (exact) mass is 333 g/mol. The zero-order valence-electron chi connectivity index (χ0n) is 13.2. The number of hydrogen-bond acceptors (Lipinski definition) is 5. The average Bonchev–Trinajstić information content (AvgIpc) is 3.21. The van der Waals surface area contributed by atoms with Gasteiger partial charge in [-0.25, -0.2) is 4.98 Å². The van der Waals surface area contributed by atoms with E-state index in [4.69, 9.17) is 5.73 Å². The molecule has 1 amide bonds. The highest BCUT2D eigenvalue weighted by Crippen LogP contribution is 2.33. The summed E-state index contributed by atoms with van der Waals surface area (Å²) in [6.45, 7) is 0.631. The summed E-state index contributed by atoms with van der Waals surface area (Å²) in [6.07, 6.45) is 9.40. The summed E-state index contributed by atoms with van der Waals surface area (Å²) in [5, 5.41) is 12.7. The molecule has 1 aliphatic rings. The van der Waals surface area contributed by atoms with Gasteiger partial charge in [0.25, 0.3) is 5.91 Å². The Morgan fingerprint density at radius 3 is 2.96 bits per heavy atom. The number of carbonyl (C=O) groups is 1. The maximum absolute atomic E-state index is 12.4. The summed E-state index contributed by atoms with van der Waals surface area (Å²) in [5.41, 5.74) is 8.32. The van der Waals surface area contributed by atoms with Crippen molar-refractivity contribution in [1.82, 2.24) is 20.5 Å². The van der Waals surface area contributed by atoms with Crippen molar-refractivity contribution in [1.29, 1.82) is 0 Å². The van der Waals surface area contributed by atoms with Crippen LogP contribution in [0.2, 0.25) is 0 Å². The molecule has 23 heavy (non-hydrogen) atoms. The maximum Gasteiger partial charge on any atom is 0.254 e. The number of aromatic nitrogens is 3. The minimum absolute atomic E-state index is 0.0304. The normalized spacial score (nSPS) is 15.7. The SMILES string of the molecule is Nc1nc(CCCNC(=O)c2cn[nH]c2C2CCCCC2)cs1. The number of amides is 1. The summed E-state index contributed by atoms with van der Waals surface area (Å²) in [6, 6.07) is 0. The third kappa shape index (κ3) is 4.10. The van der Waals surface area contributed by atoms with E-state index in [1.54, 1.807) is 6.20 Å². The van der Waals surface area contributed by atoms with Crippen molar-refractivity contribution >= 4 is 22.4 Å². The van der Waals surface area contributed by atoms with Crippen LogP contribution in [0.25, 0.3) is 0 Å². The van der Waals surface area contributed by atoms with Gasteiger partial charge in [0.05, 0.1) is 23.1 Å². The van der Waals surface area contributed by atoms with Gasteiger partial charge >= 0.3 is 0 Å². The van der Waals surface area contributed by atoms with Gasteiger partial charge in [0, 0.05) is 17.8 Å². The highest BCUT2D eigenvalue weighted by atomic mass is 32.1. The molecule has 0 saturated heterocycles. The van der Waals surface area contributed by atoms with E-state index >= 15 is 0 Å². The van der Waals surface area contributed by atoms with E-state index in [2.05, 4.69) is 20.5 Å². The van der Waals surface area contributed by atoms with Gasteiger partial charge in [0.1, 0.15) is 0 Å². The van der Waals surface area contributed by atoms with E-state index in [1.165, 1.54) is 30.6 Å². The van der Waals surface area contributed by atoms with Crippen LogP contribution in [0.5, 0.6) is 0 Å². The second kappa shape index (κ2) is 7.59.